The molecule has 7 aliphatic heterocycles. The van der Waals surface area contributed by atoms with Crippen LogP contribution < -0.4 is 0 Å². The molecule has 0 aromatic rings. The molecule has 0 spiro atoms. The van der Waals surface area contributed by atoms with E-state index in [1.54, 1.807) is 0 Å². The topological polar surface area (TPSA) is 28.7 Å². The van der Waals surface area contributed by atoms with Crippen molar-refractivity contribution in [1.29, 1.82) is 0 Å². The van der Waals surface area contributed by atoms with E-state index < -0.39 is 0 Å². The third kappa shape index (κ3) is 32.5. The van der Waals surface area contributed by atoms with Crippen LogP contribution in [0.4, 0.5) is 0 Å². The lowest BCUT2D eigenvalue weighted by atomic mass is 10.0. The average molecular weight is 1030 g/mol. The van der Waals surface area contributed by atoms with Crippen LogP contribution >= 0.6 is 0 Å². The van der Waals surface area contributed by atoms with Gasteiger partial charge in [0.15, 0.2) is 0 Å². The van der Waals surface area contributed by atoms with E-state index in [1.165, 1.54) is 97.6 Å². The van der Waals surface area contributed by atoms with Crippen molar-refractivity contribution in [3.63, 3.8) is 0 Å². The fourth-order valence-electron chi connectivity index (χ4n) is 11.0. The van der Waals surface area contributed by atoms with Gasteiger partial charge in [-0.25, -0.2) is 0 Å². The van der Waals surface area contributed by atoms with Gasteiger partial charge in [0.1, 0.15) is 0 Å². The Hall–Kier alpha value is -0.280. The molecular formula is C65H146N6O. The van der Waals surface area contributed by atoms with Crippen LogP contribution in [0.2, 0.25) is 0 Å². The van der Waals surface area contributed by atoms with Crippen LogP contribution in [0.1, 0.15) is 254 Å². The Morgan fingerprint density at radius 3 is 0.694 bits per heavy atom. The molecule has 1 aliphatic carbocycles. The second-order valence-electron chi connectivity index (χ2n) is 23.2. The SMILES string of the molecule is CC.CC.CC.CC.CC.CC.CC.CC(C)C.CC(C)C.CC(C)N1CC2CCCC2C1.CC(C)N1CC2CN(C(C)C)CC2C1.CC(C)N1CC2COCC2C1.CC(C)N1C[C@H]2CC[C@@H](C1)N2C(C)C. The number of rotatable bonds is 6. The Morgan fingerprint density at radius 2 is 0.472 bits per heavy atom. The first-order chi connectivity index (χ1) is 34.2. The van der Waals surface area contributed by atoms with Crippen molar-refractivity contribution in [2.75, 3.05) is 78.7 Å². The van der Waals surface area contributed by atoms with Crippen LogP contribution in [0, 0.1) is 47.3 Å². The van der Waals surface area contributed by atoms with E-state index in [2.05, 4.69) is 154 Å². The second kappa shape index (κ2) is 49.0. The summed E-state index contributed by atoms with van der Waals surface area (Å²) in [6.07, 6.45) is 7.36. The Kier molecular flexibility index (Phi) is 54.9. The van der Waals surface area contributed by atoms with Gasteiger partial charge in [0.2, 0.25) is 0 Å². The van der Waals surface area contributed by atoms with Crippen LogP contribution in [0.3, 0.4) is 0 Å². The van der Waals surface area contributed by atoms with Crippen molar-refractivity contribution in [2.45, 2.75) is 302 Å². The van der Waals surface area contributed by atoms with E-state index in [1.807, 2.05) is 96.9 Å². The highest BCUT2D eigenvalue weighted by Gasteiger charge is 2.43. The number of fused-ring (bicyclic) bond motifs is 5. The fraction of sp³-hybridized carbons (Fsp3) is 1.00. The van der Waals surface area contributed by atoms with Crippen LogP contribution in [0.25, 0.3) is 0 Å². The van der Waals surface area contributed by atoms with Crippen molar-refractivity contribution in [1.82, 2.24) is 29.4 Å². The molecule has 8 aliphatic rings. The minimum atomic E-state index is 0.723. The van der Waals surface area contributed by atoms with Crippen molar-refractivity contribution in [2.24, 2.45) is 47.3 Å². The van der Waals surface area contributed by atoms with Gasteiger partial charge in [0, 0.05) is 126 Å². The molecule has 0 N–H and O–H groups in total. The number of nitrogens with zero attached hydrogens (tertiary/aromatic N) is 6. The smallest absolute Gasteiger partial charge is 0.0510 e. The monoisotopic (exact) mass is 1030 g/mol. The summed E-state index contributed by atoms with van der Waals surface area (Å²) in [6, 6.07) is 6.14. The Labute approximate surface area is 460 Å². The molecule has 8 rings (SSSR count). The average Bonchev–Trinajstić information content (AvgIpc) is 4.23. The first-order valence-electron chi connectivity index (χ1n) is 32.2. The first-order valence-corrected chi connectivity index (χ1v) is 32.2. The molecule has 0 aromatic heterocycles. The number of hydrogen-bond donors (Lipinski definition) is 0. The van der Waals surface area contributed by atoms with E-state index in [-0.39, 0.29) is 0 Å². The fourth-order valence-corrected chi connectivity index (χ4v) is 11.0. The summed E-state index contributed by atoms with van der Waals surface area (Å²) < 4.78 is 5.41. The van der Waals surface area contributed by atoms with E-state index in [9.17, 15) is 0 Å². The van der Waals surface area contributed by atoms with Crippen LogP contribution in [0.5, 0.6) is 0 Å². The summed E-state index contributed by atoms with van der Waals surface area (Å²) in [4.78, 5) is 15.9. The third-order valence-electron chi connectivity index (χ3n) is 14.4. The molecule has 4 unspecified atom stereocenters. The first kappa shape index (κ1) is 80.6. The summed E-state index contributed by atoms with van der Waals surface area (Å²) in [6.45, 7) is 84.1. The summed E-state index contributed by atoms with van der Waals surface area (Å²) >= 11 is 0. The van der Waals surface area contributed by atoms with Crippen LogP contribution in [0.15, 0.2) is 0 Å². The maximum atomic E-state index is 5.41. The molecule has 2 bridgehead atoms. The van der Waals surface area contributed by atoms with Crippen molar-refractivity contribution < 1.29 is 4.74 Å². The van der Waals surface area contributed by atoms with Gasteiger partial charge >= 0.3 is 0 Å². The van der Waals surface area contributed by atoms with E-state index in [0.29, 0.717) is 0 Å². The van der Waals surface area contributed by atoms with Gasteiger partial charge < -0.3 is 24.3 Å². The molecule has 0 amide bonds. The van der Waals surface area contributed by atoms with Crippen molar-refractivity contribution in [3.05, 3.63) is 0 Å². The van der Waals surface area contributed by atoms with Gasteiger partial charge in [-0.3, -0.25) is 9.80 Å². The van der Waals surface area contributed by atoms with Gasteiger partial charge in [-0.15, -0.1) is 0 Å². The van der Waals surface area contributed by atoms with Crippen molar-refractivity contribution in [3.8, 4) is 0 Å². The van der Waals surface area contributed by atoms with Gasteiger partial charge in [0.05, 0.1) is 13.2 Å². The Balaban J connectivity index is -0.000000245. The number of piperazine rings is 1. The predicted molar refractivity (Wildman–Crippen MR) is 333 cm³/mol. The zero-order valence-electron chi connectivity index (χ0n) is 56.3. The lowest BCUT2D eigenvalue weighted by Crippen LogP contribution is -2.57. The number of ether oxygens (including phenoxy) is 1. The van der Waals surface area contributed by atoms with E-state index in [4.69, 9.17) is 4.74 Å². The summed E-state index contributed by atoms with van der Waals surface area (Å²) in [5.41, 5.74) is 0. The summed E-state index contributed by atoms with van der Waals surface area (Å²) in [5, 5.41) is 0. The third-order valence-corrected chi connectivity index (χ3v) is 14.4. The molecule has 0 aromatic carbocycles. The molecule has 6 atom stereocenters. The zero-order chi connectivity index (χ0) is 57.4. The molecule has 7 nitrogen and oxygen atoms in total. The van der Waals surface area contributed by atoms with Crippen LogP contribution in [-0.2, 0) is 4.74 Å². The molecule has 442 valence electrons. The largest absolute Gasteiger partial charge is 0.381 e. The molecular weight excluding hydrogens is 881 g/mol. The normalized spacial score (nSPS) is 26.8. The Bertz CT molecular complexity index is 978. The molecule has 1 saturated carbocycles. The second-order valence-corrected chi connectivity index (χ2v) is 23.2. The molecule has 7 heterocycles. The van der Waals surface area contributed by atoms with Crippen LogP contribution in [-0.4, -0.2) is 156 Å². The Morgan fingerprint density at radius 1 is 0.264 bits per heavy atom. The minimum Gasteiger partial charge on any atom is -0.381 e. The van der Waals surface area contributed by atoms with Gasteiger partial charge in [-0.2, -0.15) is 0 Å². The predicted octanol–water partition coefficient (Wildman–Crippen LogP) is 17.2. The van der Waals surface area contributed by atoms with Gasteiger partial charge in [0.25, 0.3) is 0 Å². The number of likely N-dealkylation sites (tertiary alicyclic amines) is 5. The minimum absolute atomic E-state index is 0.723. The molecule has 7 saturated heterocycles. The standard InChI is InChI=1S/2C12H24N2.C10H19N.C9H17NO.2C4H10.7C2H6/c1-9(2)13-5-11-7-14(10(3)4)8-12(11)6-13;1-9(2)13-7-11-5-6-12(8-13)14(11)10(3)4;1-8(2)11-6-9-4-3-5-10(9)7-11;1-7(2)10-3-8-5-11-6-9(8)4-10;2*1-4(2)3;7*1-2/h2*9-12H,5-8H2,1-4H3;8-10H,3-7H2,1-2H3;7-9H,3-6H2,1-2H3;2*4H,1-3H3;7*1-2H3/t;11-,12+;;;;;;;;;;;. The highest BCUT2D eigenvalue weighted by atomic mass is 16.5. The zero-order valence-corrected chi connectivity index (χ0v) is 56.3. The summed E-state index contributed by atoms with van der Waals surface area (Å²) in [7, 11) is 0. The molecule has 8 fully saturated rings. The molecule has 0 radical (unpaired) electrons. The van der Waals surface area contributed by atoms with E-state index in [0.717, 1.165) is 109 Å². The maximum Gasteiger partial charge on any atom is 0.0510 e. The summed E-state index contributed by atoms with van der Waals surface area (Å²) in [5.74, 6) is 7.41. The lowest BCUT2D eigenvalue weighted by molar-refractivity contribution is 0.0292. The molecule has 72 heavy (non-hydrogen) atoms. The van der Waals surface area contributed by atoms with E-state index >= 15 is 0 Å². The highest BCUT2D eigenvalue weighted by Crippen LogP contribution is 2.38. The quantitative estimate of drug-likeness (QED) is 0.262. The maximum absolute atomic E-state index is 5.41. The lowest BCUT2D eigenvalue weighted by Gasteiger charge is -2.44. The number of hydrogen-bond acceptors (Lipinski definition) is 7. The van der Waals surface area contributed by atoms with Crippen molar-refractivity contribution >= 4 is 0 Å². The highest BCUT2D eigenvalue weighted by molar-refractivity contribution is 4.98. The van der Waals surface area contributed by atoms with Gasteiger partial charge in [-0.05, 0) is 144 Å². The van der Waals surface area contributed by atoms with Gasteiger partial charge in [-0.1, -0.05) is 145 Å². The molecule has 7 heteroatoms.